The molecule has 0 saturated heterocycles. The van der Waals surface area contributed by atoms with Crippen LogP contribution < -0.4 is 9.13 Å². The number of halogens is 16. The molecule has 62 heavy (non-hydrogen) atoms. The van der Waals surface area contributed by atoms with Crippen molar-refractivity contribution in [3.8, 4) is 0 Å². The molecule has 348 valence electrons. The summed E-state index contributed by atoms with van der Waals surface area (Å²) in [6, 6.07) is 16.3. The minimum atomic E-state index is -6.72. The molecule has 0 radical (unpaired) electrons. The highest BCUT2D eigenvalue weighted by Gasteiger charge is 2.48. The Kier molecular flexibility index (Phi) is 17.7. The number of benzene rings is 2. The van der Waals surface area contributed by atoms with Gasteiger partial charge in [-0.15, -0.1) is 26.7 Å². The largest absolute Gasteiger partial charge is 0.489 e. The molecule has 4 rings (SSSR count). The fraction of sp³-hybridized carbons (Fsp3) is 0.267. The second kappa shape index (κ2) is 19.8. The van der Waals surface area contributed by atoms with Gasteiger partial charge in [0.05, 0.1) is 11.1 Å². The summed E-state index contributed by atoms with van der Waals surface area (Å²) in [4.78, 5) is 0. The van der Waals surface area contributed by atoms with E-state index in [1.165, 1.54) is 49.1 Å². The van der Waals surface area contributed by atoms with E-state index in [0.29, 0.717) is 0 Å². The van der Waals surface area contributed by atoms with Crippen LogP contribution in [-0.4, -0.2) is 55.7 Å². The number of sulfonamides is 4. The summed E-state index contributed by atoms with van der Waals surface area (Å²) in [6.45, 7) is 3.75. The fourth-order valence-electron chi connectivity index (χ4n) is 3.41. The Morgan fingerprint density at radius 2 is 0.548 bits per heavy atom. The van der Waals surface area contributed by atoms with Crippen LogP contribution >= 0.6 is 0 Å². The molecule has 0 atom stereocenters. The molecule has 0 spiro atoms. The zero-order valence-corrected chi connectivity index (χ0v) is 33.4. The normalized spacial score (nSPS) is 13.3. The first kappa shape index (κ1) is 55.4. The Balaban J connectivity index is 0.000000414. The number of nitrogens with zero attached hydrogens (tertiary/aromatic N) is 4. The van der Waals surface area contributed by atoms with Crippen LogP contribution in [0.1, 0.15) is 22.3 Å². The lowest BCUT2D eigenvalue weighted by atomic mass is 10.1. The minimum Gasteiger partial charge on any atom is -0.421 e. The third kappa shape index (κ3) is 15.3. The van der Waals surface area contributed by atoms with Crippen LogP contribution in [0.3, 0.4) is 0 Å². The first-order chi connectivity index (χ1) is 27.6. The highest BCUT2D eigenvalue weighted by atomic mass is 32.3. The van der Waals surface area contributed by atoms with Crippen LogP contribution in [0.15, 0.2) is 110 Å². The highest BCUT2D eigenvalue weighted by Crippen LogP contribution is 2.37. The molecule has 12 nitrogen and oxygen atoms in total. The second-order valence-electron chi connectivity index (χ2n) is 11.2. The number of hydrogen-bond donors (Lipinski definition) is 0. The number of pyridine rings is 2. The summed E-state index contributed by atoms with van der Waals surface area (Å²) in [6.07, 6.45) is 5.44. The van der Waals surface area contributed by atoms with Gasteiger partial charge in [0.1, 0.15) is 0 Å². The molecule has 0 unspecified atom stereocenters. The predicted octanol–water partition coefficient (Wildman–Crippen LogP) is 7.88. The summed E-state index contributed by atoms with van der Waals surface area (Å²) < 4.78 is 276. The van der Waals surface area contributed by atoms with Crippen molar-refractivity contribution in [2.24, 2.45) is 0 Å². The van der Waals surface area contributed by atoms with Crippen molar-refractivity contribution in [1.82, 2.24) is 0 Å². The van der Waals surface area contributed by atoms with Gasteiger partial charge in [0.2, 0.25) is 0 Å². The van der Waals surface area contributed by atoms with Gasteiger partial charge in [-0.3, -0.25) is 0 Å². The van der Waals surface area contributed by atoms with E-state index in [0.717, 1.165) is 28.5 Å². The SMILES string of the molecule is Cc1ccc(C(F)(F)[n+]2ccccc2)cc1.Cc1ccc(C(F)(F)[n+]2ccccc2)cc1.O=S(=O)([N-]S(=O)(=O)C(F)(F)F)C(F)(F)F.O=S(=O)([N-]S(=O)(=O)C(F)(F)F)C(F)(F)F. The number of rotatable bonds is 8. The average molecular weight is 1000 g/mol. The van der Waals surface area contributed by atoms with E-state index in [-0.39, 0.29) is 11.1 Å². The molecular weight excluding hydrogens is 977 g/mol. The summed E-state index contributed by atoms with van der Waals surface area (Å²) >= 11 is 0. The molecule has 0 bridgehead atoms. The smallest absolute Gasteiger partial charge is 0.421 e. The second-order valence-corrected chi connectivity index (χ2v) is 18.1. The molecule has 0 aliphatic carbocycles. The molecular formula is C30H24F16N4O8S4. The molecule has 2 aromatic heterocycles. The Morgan fingerprint density at radius 1 is 0.355 bits per heavy atom. The number of alkyl halides is 16. The Bertz CT molecular complexity index is 2260. The van der Waals surface area contributed by atoms with Crippen LogP contribution in [0.25, 0.3) is 8.25 Å². The lowest BCUT2D eigenvalue weighted by molar-refractivity contribution is -0.811. The third-order valence-electron chi connectivity index (χ3n) is 6.44. The van der Waals surface area contributed by atoms with Gasteiger partial charge in [-0.2, -0.15) is 52.7 Å². The van der Waals surface area contributed by atoms with Gasteiger partial charge in [0, 0.05) is 24.3 Å². The number of aromatic nitrogens is 2. The fourth-order valence-corrected chi connectivity index (χ4v) is 6.82. The average Bonchev–Trinajstić information content (AvgIpc) is 3.11. The summed E-state index contributed by atoms with van der Waals surface area (Å²) in [5.41, 5.74) is -22.9. The Labute approximate surface area is 340 Å². The minimum absolute atomic E-state index is 0.00528. The van der Waals surface area contributed by atoms with E-state index in [1.807, 2.05) is 13.8 Å². The molecule has 2 heterocycles. The summed E-state index contributed by atoms with van der Waals surface area (Å²) in [7, 11) is -26.9. The van der Waals surface area contributed by atoms with E-state index < -0.39 is 74.2 Å². The molecule has 4 aromatic rings. The van der Waals surface area contributed by atoms with Gasteiger partial charge in [0.25, 0.3) is 0 Å². The van der Waals surface area contributed by atoms with Crippen LogP contribution in [0.4, 0.5) is 70.2 Å². The molecule has 0 saturated carbocycles. The topological polar surface area (TPSA) is 173 Å². The van der Waals surface area contributed by atoms with Crippen LogP contribution in [0, 0.1) is 13.8 Å². The van der Waals surface area contributed by atoms with Crippen molar-refractivity contribution in [2.75, 3.05) is 0 Å². The Hall–Kier alpha value is -4.66. The molecule has 2 aromatic carbocycles. The van der Waals surface area contributed by atoms with Gasteiger partial charge >= 0.3 is 34.1 Å². The van der Waals surface area contributed by atoms with Crippen molar-refractivity contribution in [1.29, 1.82) is 0 Å². The van der Waals surface area contributed by atoms with Crippen molar-refractivity contribution < 1.29 is 113 Å². The van der Waals surface area contributed by atoms with Gasteiger partial charge in [0.15, 0.2) is 64.9 Å². The highest BCUT2D eigenvalue weighted by molar-refractivity contribution is 8.13. The van der Waals surface area contributed by atoms with Crippen LogP contribution in [-0.2, 0) is 52.2 Å². The van der Waals surface area contributed by atoms with Gasteiger partial charge in [-0.25, -0.2) is 33.7 Å². The van der Waals surface area contributed by atoms with E-state index in [4.69, 9.17) is 0 Å². The maximum Gasteiger partial charge on any atom is 0.489 e. The molecule has 0 aliphatic heterocycles. The van der Waals surface area contributed by atoms with E-state index >= 15 is 0 Å². The van der Waals surface area contributed by atoms with Crippen LogP contribution in [0.2, 0.25) is 0 Å². The van der Waals surface area contributed by atoms with Gasteiger partial charge in [-0.1, -0.05) is 47.5 Å². The van der Waals surface area contributed by atoms with E-state index in [2.05, 4.69) is 0 Å². The third-order valence-corrected chi connectivity index (χ3v) is 11.9. The van der Waals surface area contributed by atoms with Crippen molar-refractivity contribution in [3.05, 3.63) is 140 Å². The zero-order chi connectivity index (χ0) is 48.6. The lowest BCUT2D eigenvalue weighted by Crippen LogP contribution is -2.50. The number of hydrogen-bond acceptors (Lipinski definition) is 8. The first-order valence-electron chi connectivity index (χ1n) is 15.2. The maximum absolute atomic E-state index is 14.0. The molecule has 0 amide bonds. The van der Waals surface area contributed by atoms with Crippen molar-refractivity contribution >= 4 is 40.1 Å². The van der Waals surface area contributed by atoms with Crippen LogP contribution in [0.5, 0.6) is 0 Å². The summed E-state index contributed by atoms with van der Waals surface area (Å²) in [5, 5.41) is 0. The summed E-state index contributed by atoms with van der Waals surface area (Å²) in [5.74, 6) is 0. The molecule has 0 fully saturated rings. The predicted molar refractivity (Wildman–Crippen MR) is 181 cm³/mol. The van der Waals surface area contributed by atoms with Crippen molar-refractivity contribution in [2.45, 2.75) is 48.0 Å². The van der Waals surface area contributed by atoms with Gasteiger partial charge < -0.3 is 8.25 Å². The number of aryl methyl sites for hydroxylation is 2. The monoisotopic (exact) mass is 1000 g/mol. The van der Waals surface area contributed by atoms with E-state index in [1.54, 1.807) is 60.7 Å². The standard InChI is InChI=1S/2C13H12F2N.2C2F6NO4S2/c2*1-11-5-7-12(8-6-11)13(14,15)16-9-3-2-4-10-16;2*3-1(4,5)14(10,11)9-15(12,13)2(6,7)8/h2*2-10H,1H3;;/q2*+1;2*-1. The maximum atomic E-state index is 14.0. The zero-order valence-electron chi connectivity index (χ0n) is 30.1. The van der Waals surface area contributed by atoms with E-state index in [9.17, 15) is 104 Å². The van der Waals surface area contributed by atoms with Gasteiger partial charge in [-0.05, 0) is 38.1 Å². The molecule has 0 aliphatic rings. The first-order valence-corrected chi connectivity index (χ1v) is 21.0. The quantitative estimate of drug-likeness (QED) is 0.127. The molecule has 32 heteroatoms. The Morgan fingerprint density at radius 3 is 0.726 bits per heavy atom. The van der Waals surface area contributed by atoms with Crippen molar-refractivity contribution in [3.63, 3.8) is 0 Å². The molecule has 0 N–H and O–H groups in total. The lowest BCUT2D eigenvalue weighted by Gasteiger charge is -2.22.